The first-order valence-corrected chi connectivity index (χ1v) is 13.9. The Balaban J connectivity index is 0.000000593. The van der Waals surface area contributed by atoms with Crippen molar-refractivity contribution in [1.29, 1.82) is 0 Å². The molecular formula is C19H31Cl2NRu. The summed E-state index contributed by atoms with van der Waals surface area (Å²) in [6.07, 6.45) is 3.47. The van der Waals surface area contributed by atoms with E-state index in [2.05, 4.69) is 70.2 Å². The number of hydrogen-bond acceptors (Lipinski definition) is 1. The first-order chi connectivity index (χ1) is 10.5. The molecule has 0 spiro atoms. The molecule has 0 saturated carbocycles. The zero-order chi connectivity index (χ0) is 17.8. The Morgan fingerprint density at radius 3 is 1.87 bits per heavy atom. The third-order valence-corrected chi connectivity index (χ3v) is 4.55. The summed E-state index contributed by atoms with van der Waals surface area (Å²) in [6.45, 7) is 14.0. The number of nitrogens with one attached hydrogen (secondary N) is 1. The summed E-state index contributed by atoms with van der Waals surface area (Å²) in [5, 5.41) is 7.20. The molecule has 1 N–H and O–H groups in total. The van der Waals surface area contributed by atoms with Gasteiger partial charge in [0.1, 0.15) is 0 Å². The molecule has 0 aromatic heterocycles. The van der Waals surface area contributed by atoms with Gasteiger partial charge in [-0.15, -0.1) is 0 Å². The van der Waals surface area contributed by atoms with Crippen molar-refractivity contribution in [3.63, 3.8) is 0 Å². The predicted octanol–water partition coefficient (Wildman–Crippen LogP) is 5.99. The average Bonchev–Trinajstić information content (AvgIpc) is 2.64. The van der Waals surface area contributed by atoms with Crippen LogP contribution in [-0.2, 0) is 26.4 Å². The van der Waals surface area contributed by atoms with Crippen LogP contribution in [-0.4, -0.2) is 10.7 Å². The number of hydrogen-bond donors (Lipinski definition) is 1. The van der Waals surface area contributed by atoms with Gasteiger partial charge in [-0.25, -0.2) is 0 Å². The molecule has 1 saturated heterocycles. The van der Waals surface area contributed by atoms with Crippen LogP contribution >= 0.6 is 19.4 Å². The molecule has 0 aliphatic carbocycles. The van der Waals surface area contributed by atoms with Crippen LogP contribution in [0.2, 0.25) is 0 Å². The normalized spacial score (nSPS) is 22.3. The Hall–Kier alpha value is 0.253. The van der Waals surface area contributed by atoms with E-state index in [0.29, 0.717) is 11.5 Å². The Labute approximate surface area is 155 Å². The SMILES string of the molecule is CCc1cccc(CC)c1C1NC(C)(C)CC1(C)C.[CH2]=[Ru]([Cl])[Cl]. The molecule has 1 fully saturated rings. The van der Waals surface area contributed by atoms with Crippen molar-refractivity contribution in [2.45, 2.75) is 72.4 Å². The molecule has 4 heteroatoms. The maximum atomic E-state index is 5.07. The Bertz CT molecular complexity index is 526. The molecule has 134 valence electrons. The fourth-order valence-corrected chi connectivity index (χ4v) is 3.99. The first kappa shape index (κ1) is 21.3. The monoisotopic (exact) mass is 445 g/mol. The van der Waals surface area contributed by atoms with E-state index < -0.39 is 13.5 Å². The van der Waals surface area contributed by atoms with Crippen molar-refractivity contribution in [2.75, 3.05) is 0 Å². The molecule has 2 rings (SSSR count). The number of halogens is 2. The first-order valence-electron chi connectivity index (χ1n) is 8.21. The van der Waals surface area contributed by atoms with Gasteiger partial charge < -0.3 is 5.32 Å². The third kappa shape index (κ3) is 5.92. The summed E-state index contributed by atoms with van der Waals surface area (Å²) in [5.74, 6) is 0. The van der Waals surface area contributed by atoms with Gasteiger partial charge in [0, 0.05) is 11.6 Å². The summed E-state index contributed by atoms with van der Waals surface area (Å²) in [6, 6.07) is 7.30. The molecule has 1 heterocycles. The molecular weight excluding hydrogens is 414 g/mol. The van der Waals surface area contributed by atoms with Crippen LogP contribution < -0.4 is 5.32 Å². The van der Waals surface area contributed by atoms with Gasteiger partial charge in [-0.3, -0.25) is 0 Å². The fourth-order valence-electron chi connectivity index (χ4n) is 3.99. The van der Waals surface area contributed by atoms with Gasteiger partial charge in [0.25, 0.3) is 0 Å². The molecule has 1 nitrogen and oxygen atoms in total. The summed E-state index contributed by atoms with van der Waals surface area (Å²) < 4.78 is 0. The predicted molar refractivity (Wildman–Crippen MR) is 102 cm³/mol. The second-order valence-electron chi connectivity index (χ2n) is 7.56. The molecule has 0 amide bonds. The molecule has 1 aromatic carbocycles. The second-order valence-corrected chi connectivity index (χ2v) is 13.4. The van der Waals surface area contributed by atoms with Gasteiger partial charge in [-0.2, -0.15) is 0 Å². The van der Waals surface area contributed by atoms with Crippen molar-refractivity contribution >= 4 is 24.5 Å². The molecule has 1 unspecified atom stereocenters. The van der Waals surface area contributed by atoms with Gasteiger partial charge in [0.2, 0.25) is 0 Å². The summed E-state index contributed by atoms with van der Waals surface area (Å²) in [5.41, 5.74) is 5.16. The van der Waals surface area contributed by atoms with Crippen LogP contribution in [0.4, 0.5) is 0 Å². The standard InChI is InChI=1S/C18H29N.CH2.2ClH.Ru/c1-7-13-10-9-11-14(8-2)15(13)16-17(3,4)12-18(5,6)19-16;;;;/h9-11,16,19H,7-8,12H2,1-6H3;1H2;2*1H;/q;;;;+2/p-2. The molecule has 1 aromatic rings. The molecule has 1 atom stereocenters. The summed E-state index contributed by atoms with van der Waals surface area (Å²) in [7, 11) is 10.1. The van der Waals surface area contributed by atoms with Gasteiger partial charge >= 0.3 is 38.0 Å². The summed E-state index contributed by atoms with van der Waals surface area (Å²) in [4.78, 5) is 0. The van der Waals surface area contributed by atoms with Crippen LogP contribution in [0.1, 0.15) is 70.7 Å². The number of aryl methyl sites for hydroxylation is 2. The maximum absolute atomic E-state index is 5.07. The molecule has 23 heavy (non-hydrogen) atoms. The van der Waals surface area contributed by atoms with Gasteiger partial charge in [-0.05, 0) is 55.2 Å². The third-order valence-electron chi connectivity index (χ3n) is 4.55. The fraction of sp³-hybridized carbons (Fsp3) is 0.632. The Morgan fingerprint density at radius 1 is 1.13 bits per heavy atom. The van der Waals surface area contributed by atoms with E-state index in [4.69, 9.17) is 19.4 Å². The minimum absolute atomic E-state index is 0.236. The van der Waals surface area contributed by atoms with Crippen LogP contribution in [0.5, 0.6) is 0 Å². The minimum atomic E-state index is -1.48. The zero-order valence-electron chi connectivity index (χ0n) is 15.2. The van der Waals surface area contributed by atoms with E-state index in [1.54, 1.807) is 5.56 Å². The molecule has 1 aliphatic rings. The van der Waals surface area contributed by atoms with Crippen molar-refractivity contribution in [1.82, 2.24) is 5.32 Å². The van der Waals surface area contributed by atoms with Crippen LogP contribution in [0, 0.1) is 5.41 Å². The molecule has 0 radical (unpaired) electrons. The average molecular weight is 445 g/mol. The topological polar surface area (TPSA) is 12.0 Å². The van der Waals surface area contributed by atoms with Crippen LogP contribution in [0.3, 0.4) is 0 Å². The summed E-state index contributed by atoms with van der Waals surface area (Å²) >= 11 is -1.48. The van der Waals surface area contributed by atoms with E-state index in [0.717, 1.165) is 12.8 Å². The molecule has 1 aliphatic heterocycles. The second kappa shape index (κ2) is 8.57. The van der Waals surface area contributed by atoms with Crippen molar-refractivity contribution in [2.24, 2.45) is 5.41 Å². The quantitative estimate of drug-likeness (QED) is 0.563. The van der Waals surface area contributed by atoms with Gasteiger partial charge in [0.05, 0.1) is 0 Å². The van der Waals surface area contributed by atoms with E-state index >= 15 is 0 Å². The van der Waals surface area contributed by atoms with Crippen molar-refractivity contribution in [3.8, 4) is 0 Å². The van der Waals surface area contributed by atoms with E-state index in [9.17, 15) is 0 Å². The van der Waals surface area contributed by atoms with E-state index in [1.807, 2.05) is 0 Å². The van der Waals surface area contributed by atoms with E-state index in [1.165, 1.54) is 17.5 Å². The van der Waals surface area contributed by atoms with Crippen molar-refractivity contribution in [3.05, 3.63) is 34.9 Å². The van der Waals surface area contributed by atoms with Crippen LogP contribution in [0.25, 0.3) is 0 Å². The zero-order valence-corrected chi connectivity index (χ0v) is 18.5. The number of benzene rings is 1. The Morgan fingerprint density at radius 2 is 1.57 bits per heavy atom. The van der Waals surface area contributed by atoms with E-state index in [-0.39, 0.29) is 5.54 Å². The van der Waals surface area contributed by atoms with Gasteiger partial charge in [-0.1, -0.05) is 45.9 Å². The molecule has 0 bridgehead atoms. The number of rotatable bonds is 3. The van der Waals surface area contributed by atoms with Crippen molar-refractivity contribution < 1.29 is 13.5 Å². The van der Waals surface area contributed by atoms with Crippen LogP contribution in [0.15, 0.2) is 18.2 Å². The van der Waals surface area contributed by atoms with Gasteiger partial charge in [0.15, 0.2) is 0 Å². The Kier molecular flexibility index (Phi) is 7.93.